The number of aromatic hydroxyl groups is 2. The van der Waals surface area contributed by atoms with Crippen LogP contribution < -0.4 is 4.74 Å². The van der Waals surface area contributed by atoms with Crippen molar-refractivity contribution in [3.63, 3.8) is 0 Å². The van der Waals surface area contributed by atoms with Crippen LogP contribution in [0.1, 0.15) is 46.3 Å². The van der Waals surface area contributed by atoms with Crippen LogP contribution in [0.25, 0.3) is 0 Å². The number of benzene rings is 2. The van der Waals surface area contributed by atoms with Crippen molar-refractivity contribution in [3.8, 4) is 17.2 Å². The molecule has 3 atom stereocenters. The van der Waals surface area contributed by atoms with Crippen molar-refractivity contribution in [3.05, 3.63) is 52.0 Å². The summed E-state index contributed by atoms with van der Waals surface area (Å²) in [4.78, 5) is 14.9. The molecule has 28 heavy (non-hydrogen) atoms. The Bertz CT molecular complexity index is 931. The van der Waals surface area contributed by atoms with Crippen molar-refractivity contribution >= 4 is 17.4 Å². The summed E-state index contributed by atoms with van der Waals surface area (Å²) in [5, 5.41) is 31.9. The van der Waals surface area contributed by atoms with E-state index in [1.807, 2.05) is 18.0 Å². The lowest BCUT2D eigenvalue weighted by Gasteiger charge is -2.37. The second kappa shape index (κ2) is 7.28. The normalized spacial score (nSPS) is 25.2. The first-order valence-electron chi connectivity index (χ1n) is 9.26. The Labute approximate surface area is 167 Å². The molecule has 0 radical (unpaired) electrons. The van der Waals surface area contributed by atoms with Gasteiger partial charge in [0.2, 0.25) is 0 Å². The van der Waals surface area contributed by atoms with Crippen LogP contribution in [0.5, 0.6) is 17.2 Å². The number of fused-ring (bicyclic) bond motifs is 1. The molecule has 4 rings (SSSR count). The zero-order chi connectivity index (χ0) is 20.0. The van der Waals surface area contributed by atoms with E-state index in [1.54, 1.807) is 18.2 Å². The van der Waals surface area contributed by atoms with Gasteiger partial charge >= 0.3 is 0 Å². The highest BCUT2D eigenvalue weighted by atomic mass is 35.5. The number of rotatable bonds is 2. The molecular formula is C21H22ClNO5. The van der Waals surface area contributed by atoms with E-state index < -0.39 is 18.1 Å². The SMILES string of the molecule is CN1CC[C@@H](O)[C@H](c2c(O)cc(O)c3c2OC(c2ccccc2Cl)CC3=O)C1. The standard InChI is InChI=1S/C21H22ClNO5/c1-23-7-6-14(24)12(10-23)19-15(25)8-16(26)20-17(27)9-18(28-21(19)20)11-4-2-3-5-13(11)22/h2-5,8,12,14,18,24-26H,6-7,9-10H2,1H3/t12-,14-,18?/m1/s1. The van der Waals surface area contributed by atoms with E-state index in [0.29, 0.717) is 29.1 Å². The first-order chi connectivity index (χ1) is 13.4. The summed E-state index contributed by atoms with van der Waals surface area (Å²) in [5.74, 6) is -1.10. The third kappa shape index (κ3) is 3.21. The van der Waals surface area contributed by atoms with E-state index in [-0.39, 0.29) is 35.0 Å². The van der Waals surface area contributed by atoms with Gasteiger partial charge in [-0.25, -0.2) is 0 Å². The summed E-state index contributed by atoms with van der Waals surface area (Å²) in [6.07, 6.45) is -0.748. The minimum absolute atomic E-state index is 0.0294. The maximum Gasteiger partial charge on any atom is 0.174 e. The summed E-state index contributed by atoms with van der Waals surface area (Å²) >= 11 is 6.29. The number of hydrogen-bond donors (Lipinski definition) is 3. The molecule has 2 aliphatic heterocycles. The highest BCUT2D eigenvalue weighted by Crippen LogP contribution is 2.49. The summed E-state index contributed by atoms with van der Waals surface area (Å²) < 4.78 is 6.14. The van der Waals surface area contributed by atoms with Gasteiger partial charge in [-0.15, -0.1) is 0 Å². The summed E-state index contributed by atoms with van der Waals surface area (Å²) in [6, 6.07) is 8.28. The maximum absolute atomic E-state index is 12.9. The minimum Gasteiger partial charge on any atom is -0.507 e. The Morgan fingerprint density at radius 1 is 1.21 bits per heavy atom. The van der Waals surface area contributed by atoms with Gasteiger partial charge in [0.05, 0.1) is 12.5 Å². The van der Waals surface area contributed by atoms with Crippen molar-refractivity contribution < 1.29 is 24.9 Å². The molecule has 0 amide bonds. The molecule has 2 aromatic carbocycles. The zero-order valence-electron chi connectivity index (χ0n) is 15.4. The third-order valence-electron chi connectivity index (χ3n) is 5.59. The summed E-state index contributed by atoms with van der Waals surface area (Å²) in [7, 11) is 1.93. The molecule has 7 heteroatoms. The quantitative estimate of drug-likeness (QED) is 0.713. The molecule has 2 aromatic rings. The first-order valence-corrected chi connectivity index (χ1v) is 9.64. The number of aliphatic hydroxyl groups excluding tert-OH is 1. The predicted molar refractivity (Wildman–Crippen MR) is 104 cm³/mol. The van der Waals surface area contributed by atoms with Crippen LogP contribution in [0.4, 0.5) is 0 Å². The fraction of sp³-hybridized carbons (Fsp3) is 0.381. The number of nitrogens with zero attached hydrogens (tertiary/aromatic N) is 1. The number of ketones is 1. The Hall–Kier alpha value is -2.28. The van der Waals surface area contributed by atoms with Gasteiger partial charge < -0.3 is 25.0 Å². The molecule has 1 saturated heterocycles. The average Bonchev–Trinajstić information content (AvgIpc) is 2.64. The Morgan fingerprint density at radius 2 is 1.96 bits per heavy atom. The second-order valence-electron chi connectivity index (χ2n) is 7.51. The van der Waals surface area contributed by atoms with Crippen LogP contribution in [0.15, 0.2) is 30.3 Å². The molecule has 148 valence electrons. The topological polar surface area (TPSA) is 90.2 Å². The van der Waals surface area contributed by atoms with Crippen LogP contribution >= 0.6 is 11.6 Å². The number of likely N-dealkylation sites (tertiary alicyclic amines) is 1. The van der Waals surface area contributed by atoms with Crippen molar-refractivity contribution in [1.29, 1.82) is 0 Å². The van der Waals surface area contributed by atoms with Crippen molar-refractivity contribution in [2.75, 3.05) is 20.1 Å². The third-order valence-corrected chi connectivity index (χ3v) is 5.93. The molecule has 2 heterocycles. The number of carbonyl (C=O) groups excluding carboxylic acids is 1. The van der Waals surface area contributed by atoms with E-state index in [4.69, 9.17) is 16.3 Å². The zero-order valence-corrected chi connectivity index (χ0v) is 16.2. The van der Waals surface area contributed by atoms with Gasteiger partial charge in [0.15, 0.2) is 5.78 Å². The molecule has 0 saturated carbocycles. The van der Waals surface area contributed by atoms with Crippen LogP contribution in [0.2, 0.25) is 5.02 Å². The van der Waals surface area contributed by atoms with Crippen molar-refractivity contribution in [2.24, 2.45) is 0 Å². The second-order valence-corrected chi connectivity index (χ2v) is 7.92. The molecule has 0 spiro atoms. The lowest BCUT2D eigenvalue weighted by atomic mass is 9.83. The highest BCUT2D eigenvalue weighted by molar-refractivity contribution is 6.31. The Balaban J connectivity index is 1.84. The molecule has 0 bridgehead atoms. The van der Waals surface area contributed by atoms with E-state index in [2.05, 4.69) is 0 Å². The number of ether oxygens (including phenoxy) is 1. The van der Waals surface area contributed by atoms with Crippen LogP contribution in [0.3, 0.4) is 0 Å². The van der Waals surface area contributed by atoms with Crippen molar-refractivity contribution in [1.82, 2.24) is 4.90 Å². The number of halogens is 1. The number of phenols is 2. The fourth-order valence-electron chi connectivity index (χ4n) is 4.15. The van der Waals surface area contributed by atoms with Gasteiger partial charge in [0.25, 0.3) is 0 Å². The minimum atomic E-state index is -0.685. The smallest absolute Gasteiger partial charge is 0.174 e. The van der Waals surface area contributed by atoms with Gasteiger partial charge in [0.1, 0.15) is 28.9 Å². The van der Waals surface area contributed by atoms with Gasteiger partial charge in [-0.2, -0.15) is 0 Å². The summed E-state index contributed by atoms with van der Waals surface area (Å²) in [5.41, 5.74) is 1.08. The molecule has 1 unspecified atom stereocenters. The number of piperidine rings is 1. The van der Waals surface area contributed by atoms with E-state index in [9.17, 15) is 20.1 Å². The molecule has 2 aliphatic rings. The molecule has 1 fully saturated rings. The van der Waals surface area contributed by atoms with E-state index in [0.717, 1.165) is 12.6 Å². The van der Waals surface area contributed by atoms with Gasteiger partial charge in [-0.1, -0.05) is 29.8 Å². The van der Waals surface area contributed by atoms with Crippen LogP contribution in [-0.2, 0) is 0 Å². The Morgan fingerprint density at radius 3 is 2.71 bits per heavy atom. The first kappa shape index (κ1) is 19.1. The number of Topliss-reactive ketones (excluding diaryl/α,β-unsaturated/α-hetero) is 1. The molecular weight excluding hydrogens is 382 g/mol. The number of hydrogen-bond acceptors (Lipinski definition) is 6. The number of carbonyl (C=O) groups is 1. The fourth-order valence-corrected chi connectivity index (χ4v) is 4.40. The lowest BCUT2D eigenvalue weighted by Crippen LogP contribution is -2.40. The van der Waals surface area contributed by atoms with Crippen LogP contribution in [-0.4, -0.2) is 52.2 Å². The molecule has 6 nitrogen and oxygen atoms in total. The lowest BCUT2D eigenvalue weighted by molar-refractivity contribution is 0.0650. The summed E-state index contributed by atoms with van der Waals surface area (Å²) in [6.45, 7) is 1.24. The maximum atomic E-state index is 12.9. The van der Waals surface area contributed by atoms with Gasteiger partial charge in [0, 0.05) is 41.2 Å². The molecule has 3 N–H and O–H groups in total. The van der Waals surface area contributed by atoms with E-state index >= 15 is 0 Å². The molecule has 0 aromatic heterocycles. The average molecular weight is 404 g/mol. The Kier molecular flexibility index (Phi) is 4.95. The largest absolute Gasteiger partial charge is 0.507 e. The number of aliphatic hydroxyl groups is 1. The number of likely N-dealkylation sites (N-methyl/N-ethyl adjacent to an activating group) is 1. The van der Waals surface area contributed by atoms with Gasteiger partial charge in [-0.3, -0.25) is 4.79 Å². The van der Waals surface area contributed by atoms with Gasteiger partial charge in [-0.05, 0) is 19.5 Å². The molecule has 0 aliphatic carbocycles. The number of phenolic OH excluding ortho intramolecular Hbond substituents is 2. The highest BCUT2D eigenvalue weighted by Gasteiger charge is 2.39. The van der Waals surface area contributed by atoms with E-state index in [1.165, 1.54) is 0 Å². The monoisotopic (exact) mass is 403 g/mol. The predicted octanol–water partition coefficient (Wildman–Crippen LogP) is 3.24. The van der Waals surface area contributed by atoms with Crippen molar-refractivity contribution in [2.45, 2.75) is 31.0 Å². The van der Waals surface area contributed by atoms with Crippen LogP contribution in [0, 0.1) is 0 Å².